The van der Waals surface area contributed by atoms with Gasteiger partial charge in [0.25, 0.3) is 0 Å². The number of aromatic nitrogens is 1. The number of nitriles is 1. The number of anilines is 1. The molecule has 0 amide bonds. The Bertz CT molecular complexity index is 821. The van der Waals surface area contributed by atoms with Gasteiger partial charge >= 0.3 is 6.18 Å². The normalized spacial score (nSPS) is 21.6. The lowest BCUT2D eigenvalue weighted by Gasteiger charge is -2.23. The summed E-state index contributed by atoms with van der Waals surface area (Å²) in [4.78, 5) is 5.31. The minimum atomic E-state index is -4.68. The number of rotatable bonds is 3. The van der Waals surface area contributed by atoms with Crippen LogP contribution >= 0.6 is 11.6 Å². The Morgan fingerprint density at radius 3 is 2.48 bits per heavy atom. The maximum atomic E-state index is 13.4. The molecule has 0 bridgehead atoms. The van der Waals surface area contributed by atoms with E-state index in [1.54, 1.807) is 0 Å². The molecule has 2 heterocycles. The number of sulfonamides is 1. The summed E-state index contributed by atoms with van der Waals surface area (Å²) in [5, 5.41) is 7.31. The first-order valence-electron chi connectivity index (χ1n) is 7.19. The first-order chi connectivity index (χ1) is 11.4. The largest absolute Gasteiger partial charge is 0.394 e. The van der Waals surface area contributed by atoms with E-state index in [0.717, 1.165) is 4.31 Å². The maximum Gasteiger partial charge on any atom is 0.394 e. The molecule has 2 atom stereocenters. The van der Waals surface area contributed by atoms with Gasteiger partial charge in [-0.3, -0.25) is 0 Å². The van der Waals surface area contributed by atoms with Crippen LogP contribution in [0.1, 0.15) is 11.3 Å². The molecule has 0 saturated carbocycles. The molecule has 138 valence electrons. The van der Waals surface area contributed by atoms with E-state index in [2.05, 4.69) is 4.98 Å². The van der Waals surface area contributed by atoms with E-state index in [1.807, 2.05) is 6.07 Å². The molecule has 11 heteroatoms. The van der Waals surface area contributed by atoms with Crippen LogP contribution in [-0.2, 0) is 10.0 Å². The second-order valence-corrected chi connectivity index (χ2v) is 8.73. The van der Waals surface area contributed by atoms with Crippen LogP contribution < -0.4 is 4.90 Å². The summed E-state index contributed by atoms with van der Waals surface area (Å²) in [6.45, 7) is 0.575. The predicted molar refractivity (Wildman–Crippen MR) is 86.9 cm³/mol. The molecular formula is C14H16ClF3N4O2S. The van der Waals surface area contributed by atoms with Crippen molar-refractivity contribution in [2.45, 2.75) is 18.3 Å². The zero-order chi connectivity index (χ0) is 19.2. The third-order valence-corrected chi connectivity index (χ3v) is 6.69. The van der Waals surface area contributed by atoms with Gasteiger partial charge in [0.15, 0.2) is 0 Å². The highest BCUT2D eigenvalue weighted by molar-refractivity contribution is 7.89. The third kappa shape index (κ3) is 3.68. The van der Waals surface area contributed by atoms with E-state index in [1.165, 1.54) is 32.0 Å². The van der Waals surface area contributed by atoms with E-state index in [4.69, 9.17) is 16.9 Å². The average Bonchev–Trinajstić information content (AvgIpc) is 2.94. The number of hydrogen-bond acceptors (Lipinski definition) is 5. The Hall–Kier alpha value is -1.57. The molecule has 25 heavy (non-hydrogen) atoms. The summed E-state index contributed by atoms with van der Waals surface area (Å²) in [6, 6.07) is 3.20. The van der Waals surface area contributed by atoms with E-state index in [0.29, 0.717) is 5.69 Å². The first-order valence-corrected chi connectivity index (χ1v) is 9.08. The molecule has 6 nitrogen and oxygen atoms in total. The van der Waals surface area contributed by atoms with Crippen LogP contribution in [0, 0.1) is 24.2 Å². The van der Waals surface area contributed by atoms with Crippen LogP contribution in [0.5, 0.6) is 0 Å². The number of halogens is 4. The second kappa shape index (κ2) is 6.63. The van der Waals surface area contributed by atoms with Gasteiger partial charge in [-0.2, -0.15) is 18.4 Å². The molecule has 1 aliphatic heterocycles. The summed E-state index contributed by atoms with van der Waals surface area (Å²) >= 11 is 6.05. The molecule has 1 aliphatic rings. The lowest BCUT2D eigenvalue weighted by molar-refractivity contribution is -0.167. The Kier molecular flexibility index (Phi) is 5.23. The molecule has 1 saturated heterocycles. The number of pyridine rings is 1. The number of alkyl halides is 3. The summed E-state index contributed by atoms with van der Waals surface area (Å²) in [5.74, 6) is -2.02. The Labute approximate surface area is 148 Å². The fourth-order valence-electron chi connectivity index (χ4n) is 2.74. The SMILES string of the molecule is Cc1nc(N2C[C@@H](C(F)(F)F)[C@H](S(=O)(=O)N(C)C)C2)c(Cl)cc1C#N. The molecule has 2 rings (SSSR count). The van der Waals surface area contributed by atoms with Gasteiger partial charge in [-0.1, -0.05) is 11.6 Å². The van der Waals surface area contributed by atoms with Crippen LogP contribution in [0.15, 0.2) is 6.07 Å². The molecule has 0 aliphatic carbocycles. The van der Waals surface area contributed by atoms with Crippen LogP contribution in [0.4, 0.5) is 19.0 Å². The first kappa shape index (κ1) is 19.8. The number of hydrogen-bond donors (Lipinski definition) is 0. The molecule has 1 aromatic rings. The van der Waals surface area contributed by atoms with E-state index in [-0.39, 0.29) is 22.9 Å². The van der Waals surface area contributed by atoms with Gasteiger partial charge in [0, 0.05) is 27.2 Å². The highest BCUT2D eigenvalue weighted by atomic mass is 35.5. The smallest absolute Gasteiger partial charge is 0.353 e. The van der Waals surface area contributed by atoms with E-state index < -0.39 is 33.9 Å². The predicted octanol–water partition coefficient (Wildman–Crippen LogP) is 2.17. The average molecular weight is 397 g/mol. The molecule has 1 aromatic heterocycles. The number of aryl methyl sites for hydroxylation is 1. The van der Waals surface area contributed by atoms with Crippen LogP contribution in [0.2, 0.25) is 5.02 Å². The lowest BCUT2D eigenvalue weighted by Crippen LogP contribution is -2.43. The lowest BCUT2D eigenvalue weighted by atomic mass is 10.1. The minimum absolute atomic E-state index is 0.00553. The highest BCUT2D eigenvalue weighted by Crippen LogP contribution is 2.40. The molecule has 0 spiro atoms. The van der Waals surface area contributed by atoms with Crippen molar-refractivity contribution in [3.8, 4) is 6.07 Å². The third-order valence-electron chi connectivity index (χ3n) is 4.15. The molecule has 0 unspecified atom stereocenters. The van der Waals surface area contributed by atoms with Crippen LogP contribution in [0.25, 0.3) is 0 Å². The zero-order valence-electron chi connectivity index (χ0n) is 13.7. The summed E-state index contributed by atoms with van der Waals surface area (Å²) in [6.07, 6.45) is -4.68. The number of nitrogens with zero attached hydrogens (tertiary/aromatic N) is 4. The van der Waals surface area contributed by atoms with Crippen molar-refractivity contribution >= 4 is 27.4 Å². The van der Waals surface area contributed by atoms with Crippen molar-refractivity contribution in [2.75, 3.05) is 32.1 Å². The Morgan fingerprint density at radius 1 is 1.40 bits per heavy atom. The molecule has 0 N–H and O–H groups in total. The second-order valence-electron chi connectivity index (χ2n) is 5.96. The summed E-state index contributed by atoms with van der Waals surface area (Å²) < 4.78 is 65.6. The highest BCUT2D eigenvalue weighted by Gasteiger charge is 2.55. The molecule has 1 fully saturated rings. The minimum Gasteiger partial charge on any atom is -0.353 e. The van der Waals surface area contributed by atoms with Crippen molar-refractivity contribution in [3.63, 3.8) is 0 Å². The van der Waals surface area contributed by atoms with Gasteiger partial charge < -0.3 is 4.90 Å². The molecule has 0 radical (unpaired) electrons. The van der Waals surface area contributed by atoms with Crippen LogP contribution in [-0.4, -0.2) is 56.3 Å². The molecule has 0 aromatic carbocycles. The Balaban J connectivity index is 2.47. The van der Waals surface area contributed by atoms with Gasteiger partial charge in [0.1, 0.15) is 17.1 Å². The summed E-state index contributed by atoms with van der Waals surface area (Å²) in [7, 11) is -1.74. The standard InChI is InChI=1S/C14H16ClF3N4O2S/c1-8-9(5-19)4-11(15)13(20-8)22-6-10(14(16,17)18)12(7-22)25(23,24)21(2)3/h4,10,12H,6-7H2,1-3H3/t10-,12-/m1/s1. The fraction of sp³-hybridized carbons (Fsp3) is 0.571. The van der Waals surface area contributed by atoms with Crippen molar-refractivity contribution in [3.05, 3.63) is 22.3 Å². The summed E-state index contributed by atoms with van der Waals surface area (Å²) in [5.41, 5.74) is 0.516. The van der Waals surface area contributed by atoms with Crippen molar-refractivity contribution in [1.29, 1.82) is 5.26 Å². The van der Waals surface area contributed by atoms with Gasteiger partial charge in [0.2, 0.25) is 10.0 Å². The van der Waals surface area contributed by atoms with Gasteiger partial charge in [-0.25, -0.2) is 17.7 Å². The van der Waals surface area contributed by atoms with E-state index in [9.17, 15) is 21.6 Å². The quantitative estimate of drug-likeness (QED) is 0.782. The van der Waals surface area contributed by atoms with Gasteiger partial charge in [-0.15, -0.1) is 0 Å². The zero-order valence-corrected chi connectivity index (χ0v) is 15.2. The van der Waals surface area contributed by atoms with E-state index >= 15 is 0 Å². The van der Waals surface area contributed by atoms with Crippen molar-refractivity contribution in [1.82, 2.24) is 9.29 Å². The van der Waals surface area contributed by atoms with Gasteiger partial charge in [0.05, 0.1) is 22.2 Å². The van der Waals surface area contributed by atoms with Gasteiger partial charge in [-0.05, 0) is 13.0 Å². The fourth-order valence-corrected chi connectivity index (χ4v) is 4.57. The molecular weight excluding hydrogens is 381 g/mol. The maximum absolute atomic E-state index is 13.4. The topological polar surface area (TPSA) is 77.3 Å². The Morgan fingerprint density at radius 2 is 2.00 bits per heavy atom. The van der Waals surface area contributed by atoms with Crippen molar-refractivity contribution in [2.24, 2.45) is 5.92 Å². The van der Waals surface area contributed by atoms with Crippen LogP contribution in [0.3, 0.4) is 0 Å². The van der Waals surface area contributed by atoms with Crippen molar-refractivity contribution < 1.29 is 21.6 Å². The monoisotopic (exact) mass is 396 g/mol.